The first-order valence-electron chi connectivity index (χ1n) is 6.72. The maximum atomic E-state index is 12.4. The lowest BCUT2D eigenvalue weighted by molar-refractivity contribution is -0.124. The molecule has 5 nitrogen and oxygen atoms in total. The standard InChI is InChI=1S/C16H13N3O2/c20-14-13(10-6-2-1-3-7-10)18-19-16(14)11-8-4-5-9-12(11)17-15(16)21/h1-9,14,19-20H,(H,17,21). The highest BCUT2D eigenvalue weighted by molar-refractivity contribution is 6.15. The lowest BCUT2D eigenvalue weighted by Gasteiger charge is -2.25. The molecular weight excluding hydrogens is 266 g/mol. The van der Waals surface area contributed by atoms with Gasteiger partial charge in [-0.05, 0) is 6.07 Å². The molecule has 104 valence electrons. The van der Waals surface area contributed by atoms with E-state index < -0.39 is 11.6 Å². The van der Waals surface area contributed by atoms with E-state index in [0.717, 1.165) is 11.1 Å². The molecule has 4 rings (SSSR count). The molecule has 2 heterocycles. The zero-order valence-corrected chi connectivity index (χ0v) is 11.1. The van der Waals surface area contributed by atoms with Crippen molar-refractivity contribution >= 4 is 17.3 Å². The fraction of sp³-hybridized carbons (Fsp3) is 0.125. The van der Waals surface area contributed by atoms with Crippen molar-refractivity contribution in [2.24, 2.45) is 5.10 Å². The summed E-state index contributed by atoms with van der Waals surface area (Å²) in [6.45, 7) is 0. The van der Waals surface area contributed by atoms with Crippen molar-refractivity contribution in [2.75, 3.05) is 5.32 Å². The van der Waals surface area contributed by atoms with Crippen molar-refractivity contribution in [2.45, 2.75) is 11.6 Å². The number of carbonyl (C=O) groups excluding carboxylic acids is 1. The number of hydrogen-bond acceptors (Lipinski definition) is 4. The topological polar surface area (TPSA) is 73.7 Å². The van der Waals surface area contributed by atoms with Gasteiger partial charge in [0.2, 0.25) is 0 Å². The van der Waals surface area contributed by atoms with Crippen molar-refractivity contribution in [3.63, 3.8) is 0 Å². The van der Waals surface area contributed by atoms with E-state index in [0.29, 0.717) is 11.4 Å². The number of nitrogens with zero attached hydrogens (tertiary/aromatic N) is 1. The second kappa shape index (κ2) is 4.17. The fourth-order valence-electron chi connectivity index (χ4n) is 2.97. The number of aliphatic hydroxyl groups is 1. The number of carbonyl (C=O) groups is 1. The summed E-state index contributed by atoms with van der Waals surface area (Å²) in [4.78, 5) is 12.4. The molecule has 0 aliphatic carbocycles. The van der Waals surface area contributed by atoms with Gasteiger partial charge in [-0.2, -0.15) is 5.10 Å². The summed E-state index contributed by atoms with van der Waals surface area (Å²) in [6, 6.07) is 16.7. The molecule has 5 heteroatoms. The molecule has 2 aromatic carbocycles. The molecule has 1 spiro atoms. The molecule has 3 N–H and O–H groups in total. The molecular formula is C16H13N3O2. The van der Waals surface area contributed by atoms with Gasteiger partial charge in [0.25, 0.3) is 5.91 Å². The summed E-state index contributed by atoms with van der Waals surface area (Å²) in [5.41, 5.74) is 4.33. The maximum absolute atomic E-state index is 12.4. The van der Waals surface area contributed by atoms with E-state index in [9.17, 15) is 9.90 Å². The quantitative estimate of drug-likeness (QED) is 0.734. The highest BCUT2D eigenvalue weighted by Crippen LogP contribution is 2.41. The zero-order chi connectivity index (χ0) is 14.4. The van der Waals surface area contributed by atoms with Gasteiger partial charge in [0, 0.05) is 16.8 Å². The van der Waals surface area contributed by atoms with E-state index in [1.54, 1.807) is 0 Å². The number of aliphatic hydroxyl groups excluding tert-OH is 1. The SMILES string of the molecule is O=C1Nc2ccccc2C12NN=C(c1ccccc1)C2O. The van der Waals surface area contributed by atoms with E-state index in [1.807, 2.05) is 54.6 Å². The van der Waals surface area contributed by atoms with Gasteiger partial charge in [0.1, 0.15) is 6.10 Å². The van der Waals surface area contributed by atoms with Crippen LogP contribution in [0.25, 0.3) is 0 Å². The minimum Gasteiger partial charge on any atom is -0.383 e. The fourth-order valence-corrected chi connectivity index (χ4v) is 2.97. The smallest absolute Gasteiger partial charge is 0.259 e. The normalized spacial score (nSPS) is 26.2. The van der Waals surface area contributed by atoms with Crippen LogP contribution in [0.3, 0.4) is 0 Å². The Balaban J connectivity index is 1.81. The number of nitrogens with one attached hydrogen (secondary N) is 2. The summed E-state index contributed by atoms with van der Waals surface area (Å²) in [5, 5.41) is 17.8. The average molecular weight is 279 g/mol. The molecule has 2 aromatic rings. The predicted octanol–water partition coefficient (Wildman–Crippen LogP) is 1.20. The number of anilines is 1. The van der Waals surface area contributed by atoms with Crippen molar-refractivity contribution in [1.82, 2.24) is 5.43 Å². The minimum atomic E-state index is -1.23. The first-order chi connectivity index (χ1) is 10.2. The number of benzene rings is 2. The monoisotopic (exact) mass is 279 g/mol. The van der Waals surface area contributed by atoms with Crippen molar-refractivity contribution in [3.05, 3.63) is 65.7 Å². The molecule has 21 heavy (non-hydrogen) atoms. The van der Waals surface area contributed by atoms with Crippen molar-refractivity contribution in [1.29, 1.82) is 0 Å². The lowest BCUT2D eigenvalue weighted by Crippen LogP contribution is -2.52. The van der Waals surface area contributed by atoms with E-state index >= 15 is 0 Å². The van der Waals surface area contributed by atoms with Crippen LogP contribution < -0.4 is 10.7 Å². The third kappa shape index (κ3) is 1.49. The van der Waals surface area contributed by atoms with Crippen LogP contribution in [0.5, 0.6) is 0 Å². The summed E-state index contributed by atoms with van der Waals surface area (Å²) in [6.07, 6.45) is -1.04. The lowest BCUT2D eigenvalue weighted by atomic mass is 9.83. The molecule has 0 fully saturated rings. The number of fused-ring (bicyclic) bond motifs is 2. The van der Waals surface area contributed by atoms with Crippen molar-refractivity contribution in [3.8, 4) is 0 Å². The Labute approximate surface area is 121 Å². The van der Waals surface area contributed by atoms with Gasteiger partial charge in [0.05, 0.1) is 5.71 Å². The third-order valence-electron chi connectivity index (χ3n) is 4.05. The predicted molar refractivity (Wildman–Crippen MR) is 78.9 cm³/mol. The summed E-state index contributed by atoms with van der Waals surface area (Å²) in [5.74, 6) is -0.286. The second-order valence-corrected chi connectivity index (χ2v) is 5.19. The van der Waals surface area contributed by atoms with Crippen LogP contribution in [-0.2, 0) is 10.3 Å². The minimum absolute atomic E-state index is 0.286. The van der Waals surface area contributed by atoms with Gasteiger partial charge < -0.3 is 10.4 Å². The van der Waals surface area contributed by atoms with Crippen LogP contribution in [0.1, 0.15) is 11.1 Å². The highest BCUT2D eigenvalue weighted by Gasteiger charge is 2.57. The highest BCUT2D eigenvalue weighted by atomic mass is 16.3. The summed E-state index contributed by atoms with van der Waals surface area (Å²) >= 11 is 0. The molecule has 0 saturated heterocycles. The van der Waals surface area contributed by atoms with E-state index in [4.69, 9.17) is 0 Å². The number of para-hydroxylation sites is 1. The third-order valence-corrected chi connectivity index (χ3v) is 4.05. The van der Waals surface area contributed by atoms with Crippen LogP contribution in [0, 0.1) is 0 Å². The van der Waals surface area contributed by atoms with Gasteiger partial charge in [-0.1, -0.05) is 48.5 Å². The van der Waals surface area contributed by atoms with Crippen LogP contribution in [-0.4, -0.2) is 22.8 Å². The second-order valence-electron chi connectivity index (χ2n) is 5.19. The molecule has 2 aliphatic heterocycles. The Hall–Kier alpha value is -2.66. The Morgan fingerprint density at radius 3 is 2.57 bits per heavy atom. The van der Waals surface area contributed by atoms with Crippen LogP contribution >= 0.6 is 0 Å². The molecule has 1 amide bonds. The molecule has 0 bridgehead atoms. The molecule has 2 aliphatic rings. The van der Waals surface area contributed by atoms with Crippen molar-refractivity contribution < 1.29 is 9.90 Å². The average Bonchev–Trinajstić information content (AvgIpc) is 3.01. The summed E-state index contributed by atoms with van der Waals surface area (Å²) < 4.78 is 0. The van der Waals surface area contributed by atoms with Gasteiger partial charge in [0.15, 0.2) is 5.54 Å². The molecule has 0 radical (unpaired) electrons. The first kappa shape index (κ1) is 12.1. The number of amides is 1. The van der Waals surface area contributed by atoms with Crippen LogP contribution in [0.15, 0.2) is 59.7 Å². The molecule has 2 unspecified atom stereocenters. The molecule has 0 aromatic heterocycles. The van der Waals surface area contributed by atoms with E-state index in [1.165, 1.54) is 0 Å². The largest absolute Gasteiger partial charge is 0.383 e. The maximum Gasteiger partial charge on any atom is 0.259 e. The Kier molecular flexibility index (Phi) is 2.40. The van der Waals surface area contributed by atoms with Crippen LogP contribution in [0.2, 0.25) is 0 Å². The molecule has 0 saturated carbocycles. The van der Waals surface area contributed by atoms with Gasteiger partial charge in [-0.25, -0.2) is 0 Å². The first-order valence-corrected chi connectivity index (χ1v) is 6.72. The zero-order valence-electron chi connectivity index (χ0n) is 11.1. The Morgan fingerprint density at radius 2 is 1.76 bits per heavy atom. The number of rotatable bonds is 1. The number of hydrazone groups is 1. The molecule has 2 atom stereocenters. The van der Waals surface area contributed by atoms with E-state index in [2.05, 4.69) is 15.8 Å². The van der Waals surface area contributed by atoms with Gasteiger partial charge in [-0.3, -0.25) is 10.2 Å². The Bertz CT molecular complexity index is 757. The van der Waals surface area contributed by atoms with E-state index in [-0.39, 0.29) is 5.91 Å². The van der Waals surface area contributed by atoms with Gasteiger partial charge >= 0.3 is 0 Å². The van der Waals surface area contributed by atoms with Gasteiger partial charge in [-0.15, -0.1) is 0 Å². The Morgan fingerprint density at radius 1 is 1.05 bits per heavy atom. The summed E-state index contributed by atoms with van der Waals surface area (Å²) in [7, 11) is 0. The van der Waals surface area contributed by atoms with Crippen LogP contribution in [0.4, 0.5) is 5.69 Å². The number of hydrogen-bond donors (Lipinski definition) is 3.